The molecule has 9 nitrogen and oxygen atoms in total. The van der Waals surface area contributed by atoms with Crippen LogP contribution in [0.15, 0.2) is 54.6 Å². The normalized spacial score (nSPS) is 17.5. The topological polar surface area (TPSA) is 105 Å². The Morgan fingerprint density at radius 3 is 2.03 bits per heavy atom. The molecule has 9 heteroatoms. The third-order valence-corrected chi connectivity index (χ3v) is 6.40. The number of likely N-dealkylation sites (tertiary alicyclic amines) is 1. The Bertz CT molecular complexity index is 1110. The lowest BCUT2D eigenvalue weighted by atomic mass is 9.78. The lowest BCUT2D eigenvalue weighted by Crippen LogP contribution is -2.53. The smallest absolute Gasteiger partial charge is 0.407 e. The number of hydrogen-bond donors (Lipinski definition) is 1. The molecule has 0 atom stereocenters. The molecule has 0 unspecified atom stereocenters. The summed E-state index contributed by atoms with van der Waals surface area (Å²) in [6.07, 6.45) is 0.0945. The van der Waals surface area contributed by atoms with Gasteiger partial charge in [-0.1, -0.05) is 47.5 Å². The zero-order chi connectivity index (χ0) is 25.9. The Morgan fingerprint density at radius 2 is 1.47 bits per heavy atom. The van der Waals surface area contributed by atoms with Crippen molar-refractivity contribution < 1.29 is 28.8 Å². The maximum absolute atomic E-state index is 13.5. The van der Waals surface area contributed by atoms with Gasteiger partial charge in [-0.15, -0.1) is 0 Å². The van der Waals surface area contributed by atoms with E-state index in [2.05, 4.69) is 10.2 Å². The monoisotopic (exact) mass is 493 g/mol. The van der Waals surface area contributed by atoms with Crippen LogP contribution in [-0.2, 0) is 20.9 Å². The standard InChI is InChI=1S/C27H31N3O6/c1-26(2,3)35-25(34)28-18-27(13-15-29(16-14-27)17-19-9-5-4-6-10-19)24(33)36-30-22(31)20-11-7-8-12-21(20)23(30)32/h4-12H,13-18H2,1-3H3,(H,28,34). The zero-order valence-corrected chi connectivity index (χ0v) is 20.8. The number of fused-ring (bicyclic) bond motifs is 1. The fourth-order valence-electron chi connectivity index (χ4n) is 4.42. The van der Waals surface area contributed by atoms with Crippen LogP contribution in [0.1, 0.15) is 59.9 Å². The highest BCUT2D eigenvalue weighted by molar-refractivity contribution is 6.20. The number of nitrogens with zero attached hydrogens (tertiary/aromatic N) is 2. The number of rotatable bonds is 6. The van der Waals surface area contributed by atoms with E-state index in [0.717, 1.165) is 12.1 Å². The van der Waals surface area contributed by atoms with Gasteiger partial charge in [0, 0.05) is 13.1 Å². The van der Waals surface area contributed by atoms with E-state index in [9.17, 15) is 19.2 Å². The number of hydrogen-bond acceptors (Lipinski definition) is 7. The molecule has 4 rings (SSSR count). The van der Waals surface area contributed by atoms with E-state index in [4.69, 9.17) is 9.57 Å². The molecular weight excluding hydrogens is 462 g/mol. The second kappa shape index (κ2) is 10.1. The molecule has 2 aromatic rings. The first-order chi connectivity index (χ1) is 17.1. The van der Waals surface area contributed by atoms with Crippen LogP contribution in [0.2, 0.25) is 0 Å². The second-order valence-corrected chi connectivity index (χ2v) is 10.2. The summed E-state index contributed by atoms with van der Waals surface area (Å²) >= 11 is 0. The van der Waals surface area contributed by atoms with Crippen molar-refractivity contribution in [3.05, 3.63) is 71.3 Å². The molecule has 2 aliphatic rings. The summed E-state index contributed by atoms with van der Waals surface area (Å²) in [5.74, 6) is -2.09. The largest absolute Gasteiger partial charge is 0.444 e. The summed E-state index contributed by atoms with van der Waals surface area (Å²) in [6, 6.07) is 16.3. The number of carbonyl (C=O) groups is 4. The van der Waals surface area contributed by atoms with Gasteiger partial charge in [0.2, 0.25) is 0 Å². The first-order valence-electron chi connectivity index (χ1n) is 12.0. The maximum Gasteiger partial charge on any atom is 0.407 e. The highest BCUT2D eigenvalue weighted by atomic mass is 16.7. The van der Waals surface area contributed by atoms with Gasteiger partial charge in [0.05, 0.1) is 16.5 Å². The van der Waals surface area contributed by atoms with Crippen LogP contribution < -0.4 is 5.32 Å². The van der Waals surface area contributed by atoms with Crippen LogP contribution in [0.25, 0.3) is 0 Å². The van der Waals surface area contributed by atoms with Gasteiger partial charge in [-0.25, -0.2) is 9.59 Å². The molecule has 1 N–H and O–H groups in total. The van der Waals surface area contributed by atoms with Gasteiger partial charge in [-0.3, -0.25) is 14.5 Å². The number of benzene rings is 2. The predicted molar refractivity (Wildman–Crippen MR) is 131 cm³/mol. The first kappa shape index (κ1) is 25.4. The number of carbonyl (C=O) groups excluding carboxylic acids is 4. The molecule has 1 saturated heterocycles. The first-order valence-corrected chi connectivity index (χ1v) is 12.0. The molecule has 0 spiro atoms. The van der Waals surface area contributed by atoms with Gasteiger partial charge in [0.1, 0.15) is 5.60 Å². The summed E-state index contributed by atoms with van der Waals surface area (Å²) in [7, 11) is 0. The number of amides is 3. The Balaban J connectivity index is 1.48. The van der Waals surface area contributed by atoms with Gasteiger partial charge in [-0.05, 0) is 64.4 Å². The number of ether oxygens (including phenoxy) is 1. The van der Waals surface area contributed by atoms with E-state index in [1.54, 1.807) is 32.9 Å². The summed E-state index contributed by atoms with van der Waals surface area (Å²) in [5, 5.41) is 3.22. The average molecular weight is 494 g/mol. The minimum absolute atomic E-state index is 0.0386. The van der Waals surface area contributed by atoms with Crippen molar-refractivity contribution in [2.24, 2.45) is 5.41 Å². The number of nitrogens with one attached hydrogen (secondary N) is 1. The Labute approximate surface area is 210 Å². The molecule has 0 radical (unpaired) electrons. The molecular formula is C27H31N3O6. The summed E-state index contributed by atoms with van der Waals surface area (Å²) in [5.41, 5.74) is -0.288. The molecule has 36 heavy (non-hydrogen) atoms. The van der Waals surface area contributed by atoms with E-state index >= 15 is 0 Å². The van der Waals surface area contributed by atoms with E-state index < -0.39 is 34.9 Å². The summed E-state index contributed by atoms with van der Waals surface area (Å²) in [6.45, 7) is 7.08. The van der Waals surface area contributed by atoms with Gasteiger partial charge >= 0.3 is 12.1 Å². The Hall–Kier alpha value is -3.72. The van der Waals surface area contributed by atoms with Crippen molar-refractivity contribution in [1.29, 1.82) is 0 Å². The summed E-state index contributed by atoms with van der Waals surface area (Å²) in [4.78, 5) is 59.0. The third-order valence-electron chi connectivity index (χ3n) is 6.40. The zero-order valence-electron chi connectivity index (χ0n) is 20.8. The fraction of sp³-hybridized carbons (Fsp3) is 0.407. The van der Waals surface area contributed by atoms with Gasteiger partial charge in [0.25, 0.3) is 11.8 Å². The van der Waals surface area contributed by atoms with E-state index in [-0.39, 0.29) is 17.7 Å². The molecule has 3 amide bonds. The molecule has 190 valence electrons. The lowest BCUT2D eigenvalue weighted by Gasteiger charge is -2.40. The molecule has 2 aromatic carbocycles. The molecule has 1 fully saturated rings. The Kier molecular flexibility index (Phi) is 7.12. The van der Waals surface area contributed by atoms with Crippen LogP contribution in [0.4, 0.5) is 4.79 Å². The van der Waals surface area contributed by atoms with Crippen molar-refractivity contribution in [3.8, 4) is 0 Å². The maximum atomic E-state index is 13.5. The molecule has 0 saturated carbocycles. The van der Waals surface area contributed by atoms with Gasteiger partial charge in [-0.2, -0.15) is 0 Å². The minimum Gasteiger partial charge on any atom is -0.444 e. The summed E-state index contributed by atoms with van der Waals surface area (Å²) < 4.78 is 5.33. The van der Waals surface area contributed by atoms with Crippen LogP contribution in [-0.4, -0.2) is 59.1 Å². The number of hydroxylamine groups is 2. The van der Waals surface area contributed by atoms with Crippen molar-refractivity contribution in [1.82, 2.24) is 15.3 Å². The van der Waals surface area contributed by atoms with Crippen LogP contribution in [0.3, 0.4) is 0 Å². The van der Waals surface area contributed by atoms with Crippen molar-refractivity contribution >= 4 is 23.9 Å². The highest BCUT2D eigenvalue weighted by Crippen LogP contribution is 2.35. The Morgan fingerprint density at radius 1 is 0.917 bits per heavy atom. The van der Waals surface area contributed by atoms with Crippen LogP contribution >= 0.6 is 0 Å². The molecule has 0 bridgehead atoms. The minimum atomic E-state index is -1.13. The van der Waals surface area contributed by atoms with Gasteiger partial charge < -0.3 is 14.9 Å². The lowest BCUT2D eigenvalue weighted by molar-refractivity contribution is -0.184. The van der Waals surface area contributed by atoms with E-state index in [0.29, 0.717) is 31.0 Å². The van der Waals surface area contributed by atoms with Crippen LogP contribution in [0.5, 0.6) is 0 Å². The van der Waals surface area contributed by atoms with E-state index in [1.807, 2.05) is 30.3 Å². The quantitative estimate of drug-likeness (QED) is 0.614. The third kappa shape index (κ3) is 5.57. The van der Waals surface area contributed by atoms with Gasteiger partial charge in [0.15, 0.2) is 0 Å². The predicted octanol–water partition coefficient (Wildman–Crippen LogP) is 3.55. The van der Waals surface area contributed by atoms with Crippen molar-refractivity contribution in [3.63, 3.8) is 0 Å². The molecule has 0 aromatic heterocycles. The fourth-order valence-corrected chi connectivity index (χ4v) is 4.42. The SMILES string of the molecule is CC(C)(C)OC(=O)NCC1(C(=O)ON2C(=O)c3ccccc3C2=O)CCN(Cc2ccccc2)CC1. The molecule has 2 aliphatic heterocycles. The van der Waals surface area contributed by atoms with Crippen LogP contribution in [0, 0.1) is 5.41 Å². The van der Waals surface area contributed by atoms with E-state index in [1.165, 1.54) is 12.1 Å². The molecule has 0 aliphatic carbocycles. The van der Waals surface area contributed by atoms with Crippen molar-refractivity contribution in [2.45, 2.75) is 45.8 Å². The number of imide groups is 1. The molecule has 2 heterocycles. The number of piperidine rings is 1. The average Bonchev–Trinajstić information content (AvgIpc) is 3.08. The second-order valence-electron chi connectivity index (χ2n) is 10.2. The highest BCUT2D eigenvalue weighted by Gasteiger charge is 2.47. The number of alkyl carbamates (subject to hydrolysis) is 1. The van der Waals surface area contributed by atoms with Crippen molar-refractivity contribution in [2.75, 3.05) is 19.6 Å².